The molecule has 0 unspecified atom stereocenters. The minimum Gasteiger partial charge on any atom is -0.370 e. The summed E-state index contributed by atoms with van der Waals surface area (Å²) in [6.45, 7) is 4.83. The van der Waals surface area contributed by atoms with Crippen molar-refractivity contribution in [3.8, 4) is 11.8 Å². The molecule has 0 saturated carbocycles. The second-order valence-corrected chi connectivity index (χ2v) is 5.97. The number of morpholine rings is 1. The third-order valence-corrected chi connectivity index (χ3v) is 4.37. The Balaban J connectivity index is 1.67. The summed E-state index contributed by atoms with van der Waals surface area (Å²) < 4.78 is 5.39. The van der Waals surface area contributed by atoms with Gasteiger partial charge in [-0.2, -0.15) is 0 Å². The largest absolute Gasteiger partial charge is 0.370 e. The zero-order chi connectivity index (χ0) is 15.7. The van der Waals surface area contributed by atoms with Crippen LogP contribution < -0.4 is 4.90 Å². The van der Waals surface area contributed by atoms with Gasteiger partial charge in [-0.3, -0.25) is 0 Å². The normalized spacial score (nSPS) is 15.2. The van der Waals surface area contributed by atoms with Crippen LogP contribution >= 0.6 is 0 Å². The predicted molar refractivity (Wildman–Crippen MR) is 93.5 cm³/mol. The first kappa shape index (κ1) is 15.8. The monoisotopic (exact) mass is 306 g/mol. The van der Waals surface area contributed by atoms with E-state index in [1.807, 2.05) is 0 Å². The van der Waals surface area contributed by atoms with E-state index in [-0.39, 0.29) is 0 Å². The first-order valence-electron chi connectivity index (χ1n) is 8.40. The Bertz CT molecular complexity index is 596. The van der Waals surface area contributed by atoms with Crippen LogP contribution in [0.4, 0.5) is 0 Å². The Morgan fingerprint density at radius 3 is 1.96 bits per heavy atom. The van der Waals surface area contributed by atoms with Crippen LogP contribution in [-0.2, 0) is 4.74 Å². The van der Waals surface area contributed by atoms with Gasteiger partial charge >= 0.3 is 0 Å². The highest BCUT2D eigenvalue weighted by atomic mass is 16.5. The van der Waals surface area contributed by atoms with Crippen molar-refractivity contribution in [1.29, 1.82) is 0 Å². The average Bonchev–Trinajstić information content (AvgIpc) is 2.64. The van der Waals surface area contributed by atoms with Crippen molar-refractivity contribution in [2.45, 2.75) is 12.3 Å². The van der Waals surface area contributed by atoms with Gasteiger partial charge in [0.05, 0.1) is 13.2 Å². The summed E-state index contributed by atoms with van der Waals surface area (Å²) in [6.07, 6.45) is 0.873. The van der Waals surface area contributed by atoms with E-state index >= 15 is 0 Å². The van der Waals surface area contributed by atoms with Crippen LogP contribution in [0.2, 0.25) is 0 Å². The zero-order valence-corrected chi connectivity index (χ0v) is 13.5. The van der Waals surface area contributed by atoms with Gasteiger partial charge in [-0.15, -0.1) is 0 Å². The molecule has 0 bridgehead atoms. The van der Waals surface area contributed by atoms with E-state index in [9.17, 15) is 0 Å². The molecule has 2 nitrogen and oxygen atoms in total. The lowest BCUT2D eigenvalue weighted by Gasteiger charge is -2.21. The van der Waals surface area contributed by atoms with E-state index in [1.165, 1.54) is 11.1 Å². The summed E-state index contributed by atoms with van der Waals surface area (Å²) in [4.78, 5) is 1.54. The lowest BCUT2D eigenvalue weighted by Crippen LogP contribution is -3.14. The number of nitrogens with one attached hydrogen (secondary N) is 1. The number of hydrogen-bond donors (Lipinski definition) is 1. The van der Waals surface area contributed by atoms with Crippen LogP contribution in [0.15, 0.2) is 60.7 Å². The molecular formula is C21H24NO+. The molecule has 2 aromatic carbocycles. The summed E-state index contributed by atoms with van der Waals surface area (Å²) in [5.74, 6) is 7.15. The first-order valence-corrected chi connectivity index (χ1v) is 8.40. The first-order chi connectivity index (χ1) is 11.4. The van der Waals surface area contributed by atoms with E-state index < -0.39 is 0 Å². The quantitative estimate of drug-likeness (QED) is 0.855. The van der Waals surface area contributed by atoms with E-state index in [4.69, 9.17) is 4.74 Å². The molecule has 0 amide bonds. The van der Waals surface area contributed by atoms with Crippen molar-refractivity contribution >= 4 is 0 Å². The fraction of sp³-hybridized carbons (Fsp3) is 0.333. The van der Waals surface area contributed by atoms with Crippen molar-refractivity contribution in [2.75, 3.05) is 32.8 Å². The Hall–Kier alpha value is -2.08. The maximum atomic E-state index is 5.39. The molecule has 0 spiro atoms. The van der Waals surface area contributed by atoms with Crippen LogP contribution in [0.3, 0.4) is 0 Å². The highest BCUT2D eigenvalue weighted by Gasteiger charge is 2.13. The molecule has 3 rings (SSSR count). The minimum atomic E-state index is 0.351. The van der Waals surface area contributed by atoms with Crippen LogP contribution in [0.25, 0.3) is 0 Å². The number of ether oxygens (including phenoxy) is 1. The fourth-order valence-electron chi connectivity index (χ4n) is 3.00. The fourth-order valence-corrected chi connectivity index (χ4v) is 3.00. The van der Waals surface area contributed by atoms with Gasteiger partial charge in [0.15, 0.2) is 0 Å². The molecule has 0 radical (unpaired) electrons. The smallest absolute Gasteiger partial charge is 0.139 e. The lowest BCUT2D eigenvalue weighted by atomic mass is 9.89. The number of rotatable bonds is 4. The highest BCUT2D eigenvalue weighted by molar-refractivity contribution is 5.33. The van der Waals surface area contributed by atoms with Gasteiger partial charge in [0.25, 0.3) is 0 Å². The van der Waals surface area contributed by atoms with Crippen molar-refractivity contribution < 1.29 is 9.64 Å². The topological polar surface area (TPSA) is 13.7 Å². The van der Waals surface area contributed by atoms with Crippen LogP contribution in [-0.4, -0.2) is 32.8 Å². The predicted octanol–water partition coefficient (Wildman–Crippen LogP) is 2.13. The van der Waals surface area contributed by atoms with E-state index in [0.29, 0.717) is 5.92 Å². The Morgan fingerprint density at radius 2 is 1.39 bits per heavy atom. The van der Waals surface area contributed by atoms with Crippen LogP contribution in [0, 0.1) is 11.8 Å². The molecule has 1 aliphatic rings. The molecule has 2 heteroatoms. The van der Waals surface area contributed by atoms with Gasteiger partial charge in [0, 0.05) is 12.3 Å². The summed E-state index contributed by atoms with van der Waals surface area (Å²) in [5.41, 5.74) is 2.68. The van der Waals surface area contributed by atoms with Crippen molar-refractivity contribution in [3.63, 3.8) is 0 Å². The summed E-state index contributed by atoms with van der Waals surface area (Å²) in [7, 11) is 0. The van der Waals surface area contributed by atoms with Gasteiger partial charge < -0.3 is 9.64 Å². The zero-order valence-electron chi connectivity index (χ0n) is 13.5. The molecule has 0 aromatic heterocycles. The standard InChI is InChI=1S/C21H23NO/c1-3-9-19(10-4-1)21(20-11-5-2-6-12-20)13-7-8-14-22-15-17-23-18-16-22/h1-6,9-12,21H,13-18H2/p+1. The molecule has 118 valence electrons. The van der Waals surface area contributed by atoms with Crippen molar-refractivity contribution in [1.82, 2.24) is 0 Å². The molecule has 2 aromatic rings. The molecule has 1 N–H and O–H groups in total. The summed E-state index contributed by atoms with van der Waals surface area (Å²) in [6, 6.07) is 21.4. The summed E-state index contributed by atoms with van der Waals surface area (Å²) in [5, 5.41) is 0. The molecular weight excluding hydrogens is 282 g/mol. The van der Waals surface area contributed by atoms with Gasteiger partial charge in [-0.05, 0) is 17.0 Å². The maximum Gasteiger partial charge on any atom is 0.139 e. The average molecular weight is 306 g/mol. The van der Waals surface area contributed by atoms with Gasteiger partial charge in [-0.25, -0.2) is 0 Å². The van der Waals surface area contributed by atoms with E-state index in [1.54, 1.807) is 4.90 Å². The molecule has 1 aliphatic heterocycles. The minimum absolute atomic E-state index is 0.351. The van der Waals surface area contributed by atoms with Gasteiger partial charge in [-0.1, -0.05) is 66.6 Å². The van der Waals surface area contributed by atoms with Gasteiger partial charge in [0.1, 0.15) is 19.6 Å². The van der Waals surface area contributed by atoms with E-state index in [0.717, 1.165) is 39.3 Å². The number of hydrogen-bond acceptors (Lipinski definition) is 1. The van der Waals surface area contributed by atoms with Crippen LogP contribution in [0.1, 0.15) is 23.5 Å². The van der Waals surface area contributed by atoms with Crippen molar-refractivity contribution in [2.24, 2.45) is 0 Å². The molecule has 1 heterocycles. The number of quaternary nitrogens is 1. The molecule has 0 atom stereocenters. The van der Waals surface area contributed by atoms with Crippen LogP contribution in [0.5, 0.6) is 0 Å². The lowest BCUT2D eigenvalue weighted by molar-refractivity contribution is -0.900. The summed E-state index contributed by atoms with van der Waals surface area (Å²) >= 11 is 0. The highest BCUT2D eigenvalue weighted by Crippen LogP contribution is 2.27. The molecule has 0 aliphatic carbocycles. The Kier molecular flexibility index (Phi) is 5.86. The molecule has 1 fully saturated rings. The Labute approximate surface area is 139 Å². The second kappa shape index (κ2) is 8.53. The van der Waals surface area contributed by atoms with Crippen molar-refractivity contribution in [3.05, 3.63) is 71.8 Å². The third-order valence-electron chi connectivity index (χ3n) is 4.37. The SMILES string of the molecule is C(#CC[NH+]1CCOCC1)CC(c1ccccc1)c1ccccc1. The maximum absolute atomic E-state index is 5.39. The van der Waals surface area contributed by atoms with E-state index in [2.05, 4.69) is 72.5 Å². The third kappa shape index (κ3) is 4.69. The van der Waals surface area contributed by atoms with Gasteiger partial charge in [0.2, 0.25) is 0 Å². The number of benzene rings is 2. The second-order valence-electron chi connectivity index (χ2n) is 5.97. The Morgan fingerprint density at radius 1 is 0.826 bits per heavy atom. The molecule has 23 heavy (non-hydrogen) atoms. The molecule has 1 saturated heterocycles.